The largest absolute Gasteiger partial charge is 0.493 e. The normalized spacial score (nSPS) is 9.91. The molecular weight excluding hydrogens is 282 g/mol. The third kappa shape index (κ3) is 4.15. The average Bonchev–Trinajstić information content (AvgIpc) is 2.58. The first-order chi connectivity index (χ1) is 10.7. The first-order valence-corrected chi connectivity index (χ1v) is 6.89. The lowest BCUT2D eigenvalue weighted by molar-refractivity contribution is -0.142. The monoisotopic (exact) mass is 301 g/mol. The Labute approximate surface area is 129 Å². The third-order valence-electron chi connectivity index (χ3n) is 3.07. The van der Waals surface area contributed by atoms with Crippen molar-refractivity contribution in [1.82, 2.24) is 0 Å². The minimum absolute atomic E-state index is 0.0519. The van der Waals surface area contributed by atoms with Crippen LogP contribution in [-0.4, -0.2) is 26.7 Å². The van der Waals surface area contributed by atoms with E-state index in [9.17, 15) is 4.79 Å². The number of carbonyl (C=O) groups is 1. The Morgan fingerprint density at radius 3 is 2.45 bits per heavy atom. The quantitative estimate of drug-likeness (QED) is 0.797. The second-order valence-corrected chi connectivity index (χ2v) is 4.54. The van der Waals surface area contributed by atoms with Crippen LogP contribution in [0.5, 0.6) is 11.5 Å². The van der Waals surface area contributed by atoms with Crippen molar-refractivity contribution in [2.24, 2.45) is 0 Å². The molecule has 0 fully saturated rings. The van der Waals surface area contributed by atoms with Crippen molar-refractivity contribution >= 4 is 11.7 Å². The molecular formula is C17H19NO4. The molecule has 0 aromatic heterocycles. The summed E-state index contributed by atoms with van der Waals surface area (Å²) in [6, 6.07) is 15.0. The molecule has 5 nitrogen and oxygen atoms in total. The summed E-state index contributed by atoms with van der Waals surface area (Å²) < 4.78 is 15.7. The maximum absolute atomic E-state index is 11.8. The molecule has 0 amide bonds. The summed E-state index contributed by atoms with van der Waals surface area (Å²) in [4.78, 5) is 11.8. The number of esters is 1. The third-order valence-corrected chi connectivity index (χ3v) is 3.07. The van der Waals surface area contributed by atoms with Crippen molar-refractivity contribution in [3.05, 3.63) is 54.1 Å². The van der Waals surface area contributed by atoms with Gasteiger partial charge in [0.1, 0.15) is 13.2 Å². The zero-order valence-corrected chi connectivity index (χ0v) is 12.7. The van der Waals surface area contributed by atoms with Crippen molar-refractivity contribution in [1.29, 1.82) is 0 Å². The van der Waals surface area contributed by atoms with E-state index in [1.165, 1.54) is 0 Å². The van der Waals surface area contributed by atoms with E-state index in [0.717, 1.165) is 5.56 Å². The Balaban J connectivity index is 1.88. The maximum Gasteiger partial charge on any atom is 0.325 e. The number of nitrogens with one attached hydrogen (secondary N) is 1. The van der Waals surface area contributed by atoms with Crippen LogP contribution < -0.4 is 14.8 Å². The van der Waals surface area contributed by atoms with Crippen LogP contribution in [0.3, 0.4) is 0 Å². The molecule has 0 aliphatic carbocycles. The fourth-order valence-electron chi connectivity index (χ4n) is 1.98. The summed E-state index contributed by atoms with van der Waals surface area (Å²) in [5, 5.41) is 3.00. The van der Waals surface area contributed by atoms with E-state index in [4.69, 9.17) is 14.2 Å². The Bertz CT molecular complexity index is 613. The van der Waals surface area contributed by atoms with Gasteiger partial charge in [-0.2, -0.15) is 0 Å². The van der Waals surface area contributed by atoms with Crippen LogP contribution in [0.25, 0.3) is 0 Å². The van der Waals surface area contributed by atoms with Crippen LogP contribution in [0.4, 0.5) is 5.69 Å². The Morgan fingerprint density at radius 1 is 1.00 bits per heavy atom. The summed E-state index contributed by atoms with van der Waals surface area (Å²) in [5.41, 5.74) is 1.63. The van der Waals surface area contributed by atoms with Gasteiger partial charge in [-0.1, -0.05) is 36.4 Å². The lowest BCUT2D eigenvalue weighted by Crippen LogP contribution is -2.17. The lowest BCUT2D eigenvalue weighted by Gasteiger charge is -2.13. The first kappa shape index (κ1) is 15.7. The smallest absolute Gasteiger partial charge is 0.325 e. The van der Waals surface area contributed by atoms with Crippen molar-refractivity contribution in [2.75, 3.05) is 26.1 Å². The molecule has 0 heterocycles. The number of carbonyl (C=O) groups excluding carboxylic acids is 1. The van der Waals surface area contributed by atoms with Crippen LogP contribution >= 0.6 is 0 Å². The van der Waals surface area contributed by atoms with E-state index in [1.807, 2.05) is 42.5 Å². The van der Waals surface area contributed by atoms with Crippen molar-refractivity contribution < 1.29 is 19.0 Å². The highest BCUT2D eigenvalue weighted by Gasteiger charge is 2.11. The molecule has 0 saturated carbocycles. The van der Waals surface area contributed by atoms with E-state index >= 15 is 0 Å². The summed E-state index contributed by atoms with van der Waals surface area (Å²) >= 11 is 0. The van der Waals surface area contributed by atoms with Crippen LogP contribution in [0.2, 0.25) is 0 Å². The van der Waals surface area contributed by atoms with Gasteiger partial charge >= 0.3 is 5.97 Å². The van der Waals surface area contributed by atoms with Gasteiger partial charge in [0, 0.05) is 0 Å². The Hall–Kier alpha value is -2.69. The predicted molar refractivity (Wildman–Crippen MR) is 84.3 cm³/mol. The summed E-state index contributed by atoms with van der Waals surface area (Å²) in [6.45, 7) is 0.312. The molecule has 0 unspecified atom stereocenters. The van der Waals surface area contributed by atoms with E-state index in [1.54, 1.807) is 20.3 Å². The second kappa shape index (κ2) is 7.93. The van der Waals surface area contributed by atoms with Gasteiger partial charge in [0.05, 0.1) is 19.9 Å². The predicted octanol–water partition coefficient (Wildman–Crippen LogP) is 2.86. The van der Waals surface area contributed by atoms with Gasteiger partial charge in [-0.25, -0.2) is 0 Å². The van der Waals surface area contributed by atoms with E-state index in [0.29, 0.717) is 17.2 Å². The van der Waals surface area contributed by atoms with Gasteiger partial charge in [0.2, 0.25) is 0 Å². The van der Waals surface area contributed by atoms with E-state index in [2.05, 4.69) is 5.32 Å². The van der Waals surface area contributed by atoms with Crippen LogP contribution in [0.1, 0.15) is 5.56 Å². The molecule has 2 aromatic carbocycles. The summed E-state index contributed by atoms with van der Waals surface area (Å²) in [7, 11) is 3.12. The molecule has 0 radical (unpaired) electrons. The number of anilines is 1. The van der Waals surface area contributed by atoms with Gasteiger partial charge < -0.3 is 19.5 Å². The molecule has 116 valence electrons. The molecule has 2 aromatic rings. The summed E-state index contributed by atoms with van der Waals surface area (Å²) in [5.74, 6) is 0.819. The average molecular weight is 301 g/mol. The molecule has 0 bridgehead atoms. The minimum atomic E-state index is -0.339. The zero-order chi connectivity index (χ0) is 15.8. The molecule has 22 heavy (non-hydrogen) atoms. The fourth-order valence-corrected chi connectivity index (χ4v) is 1.98. The highest BCUT2D eigenvalue weighted by Crippen LogP contribution is 2.34. The minimum Gasteiger partial charge on any atom is -0.493 e. The van der Waals surface area contributed by atoms with Crippen molar-refractivity contribution in [3.8, 4) is 11.5 Å². The van der Waals surface area contributed by atoms with E-state index < -0.39 is 0 Å². The lowest BCUT2D eigenvalue weighted by atomic mass is 10.2. The second-order valence-electron chi connectivity index (χ2n) is 4.54. The Kier molecular flexibility index (Phi) is 5.65. The number of para-hydroxylation sites is 1. The van der Waals surface area contributed by atoms with Crippen molar-refractivity contribution in [2.45, 2.75) is 6.61 Å². The fraction of sp³-hybridized carbons (Fsp3) is 0.235. The highest BCUT2D eigenvalue weighted by molar-refractivity contribution is 5.76. The van der Waals surface area contributed by atoms with Crippen LogP contribution in [-0.2, 0) is 16.1 Å². The molecule has 0 aliphatic rings. The van der Waals surface area contributed by atoms with Gasteiger partial charge in [-0.05, 0) is 17.7 Å². The topological polar surface area (TPSA) is 56.8 Å². The molecule has 0 spiro atoms. The first-order valence-electron chi connectivity index (χ1n) is 6.89. The number of hydrogen-bond acceptors (Lipinski definition) is 5. The molecule has 0 aliphatic heterocycles. The van der Waals surface area contributed by atoms with Gasteiger partial charge in [-0.15, -0.1) is 0 Å². The number of benzene rings is 2. The number of ether oxygens (including phenoxy) is 3. The SMILES string of the molecule is COc1cccc(NCC(=O)OCc2ccccc2)c1OC. The van der Waals surface area contributed by atoms with Gasteiger partial charge in [0.15, 0.2) is 11.5 Å². The maximum atomic E-state index is 11.8. The van der Waals surface area contributed by atoms with Crippen LogP contribution in [0.15, 0.2) is 48.5 Å². The van der Waals surface area contributed by atoms with E-state index in [-0.39, 0.29) is 19.1 Å². The number of hydrogen-bond donors (Lipinski definition) is 1. The zero-order valence-electron chi connectivity index (χ0n) is 12.7. The van der Waals surface area contributed by atoms with Gasteiger partial charge in [-0.3, -0.25) is 4.79 Å². The highest BCUT2D eigenvalue weighted by atomic mass is 16.5. The number of rotatable bonds is 7. The Morgan fingerprint density at radius 2 is 1.77 bits per heavy atom. The molecule has 0 saturated heterocycles. The van der Waals surface area contributed by atoms with Crippen molar-refractivity contribution in [3.63, 3.8) is 0 Å². The standard InChI is InChI=1S/C17H19NO4/c1-20-15-10-6-9-14(17(15)21-2)18-11-16(19)22-12-13-7-4-3-5-8-13/h3-10,18H,11-12H2,1-2H3. The molecule has 2 rings (SSSR count). The molecule has 0 atom stereocenters. The van der Waals surface area contributed by atoms with Crippen LogP contribution in [0, 0.1) is 0 Å². The molecule has 5 heteroatoms. The number of methoxy groups -OCH3 is 2. The van der Waals surface area contributed by atoms with Gasteiger partial charge in [0.25, 0.3) is 0 Å². The summed E-state index contributed by atoms with van der Waals surface area (Å²) in [6.07, 6.45) is 0. The molecule has 1 N–H and O–H groups in total.